The van der Waals surface area contributed by atoms with Gasteiger partial charge in [0.15, 0.2) is 0 Å². The Bertz CT molecular complexity index is 1670. The molecule has 9 aliphatic rings. The van der Waals surface area contributed by atoms with Gasteiger partial charge in [0.1, 0.15) is 0 Å². The molecule has 3 fully saturated rings. The maximum atomic E-state index is 3.14. The minimum atomic E-state index is 0.300. The summed E-state index contributed by atoms with van der Waals surface area (Å²) < 4.78 is 0. The normalized spacial score (nSPS) is 40.6. The Hall–Kier alpha value is -2.22. The van der Waals surface area contributed by atoms with Crippen LogP contribution in [0.5, 0.6) is 0 Å². The first-order chi connectivity index (χ1) is 29.3. The summed E-state index contributed by atoms with van der Waals surface area (Å²) in [5.74, 6) is 4.78. The molecule has 0 saturated heterocycles. The first kappa shape index (κ1) is 43.1. The molecular weight excluding hydrogens is 725 g/mol. The molecule has 2 heteroatoms. The lowest BCUT2D eigenvalue weighted by atomic mass is 9.64. The van der Waals surface area contributed by atoms with Gasteiger partial charge in [0, 0.05) is 35.6 Å². The van der Waals surface area contributed by atoms with Crippen molar-refractivity contribution in [2.75, 3.05) is 0 Å². The SMILES string of the molecule is CC1CCCC(C2CCC(N(C3=CCC(C4(C)CC=CCC4)CC3)C3CCCCC3)C(C)C2)=C1C1CCC(N(C2=CCCCC2)C2C=CC(C)(C3C=CC=CC3)CC2)CC1. The summed E-state index contributed by atoms with van der Waals surface area (Å²) >= 11 is 0. The Morgan fingerprint density at radius 2 is 1.42 bits per heavy atom. The molecule has 9 rings (SSSR count). The van der Waals surface area contributed by atoms with E-state index in [1.165, 1.54) is 180 Å². The second-order valence-corrected chi connectivity index (χ2v) is 23.0. The largest absolute Gasteiger partial charge is 0.369 e. The standard InChI is InChI=1S/C58H88N2/c1-43-18-17-25-54(46-28-35-55(44(2)42-46)60(50-23-13-7-14-24-50)52-33-29-48(30-34-52)57(3)38-15-8-16-39-57)56(43)45-26-31-51(32-27-45)59(49-21-11-6-12-22-49)53-36-40-58(4,41-37-53)47-19-9-5-10-20-47/h5,8-10,15,19,21,33,36,40,43-48,50-51,53,55H,6-7,11-14,16-18,20,22-32,34-35,37-39,41-42H2,1-4H3. The summed E-state index contributed by atoms with van der Waals surface area (Å²) in [7, 11) is 0. The van der Waals surface area contributed by atoms with E-state index in [9.17, 15) is 0 Å². The monoisotopic (exact) mass is 813 g/mol. The molecule has 0 spiro atoms. The molecule has 9 unspecified atom stereocenters. The second kappa shape index (κ2) is 19.3. The summed E-state index contributed by atoms with van der Waals surface area (Å²) in [4.78, 5) is 6.16. The van der Waals surface area contributed by atoms with Crippen molar-refractivity contribution in [3.8, 4) is 0 Å². The van der Waals surface area contributed by atoms with Crippen LogP contribution in [0.1, 0.15) is 207 Å². The fourth-order valence-electron chi connectivity index (χ4n) is 15.6. The smallest absolute Gasteiger partial charge is 0.0473 e. The molecule has 0 bridgehead atoms. The minimum absolute atomic E-state index is 0.300. The van der Waals surface area contributed by atoms with E-state index in [1.807, 2.05) is 11.1 Å². The fraction of sp³-hybridized carbons (Fsp3) is 0.759. The fourth-order valence-corrected chi connectivity index (χ4v) is 15.6. The van der Waals surface area contributed by atoms with E-state index >= 15 is 0 Å². The third-order valence-electron chi connectivity index (χ3n) is 19.3. The molecule has 0 aliphatic heterocycles. The van der Waals surface area contributed by atoms with Gasteiger partial charge >= 0.3 is 0 Å². The lowest BCUT2D eigenvalue weighted by Crippen LogP contribution is -2.49. The lowest BCUT2D eigenvalue weighted by Gasteiger charge is -2.51. The number of allylic oxidation sites excluding steroid dienone is 13. The Morgan fingerprint density at radius 3 is 2.10 bits per heavy atom. The van der Waals surface area contributed by atoms with Crippen LogP contribution in [0, 0.1) is 46.3 Å². The highest BCUT2D eigenvalue weighted by Crippen LogP contribution is 2.52. The summed E-state index contributed by atoms with van der Waals surface area (Å²) in [5.41, 5.74) is 8.30. The molecule has 0 aromatic rings. The van der Waals surface area contributed by atoms with E-state index in [-0.39, 0.29) is 0 Å². The highest BCUT2D eigenvalue weighted by Gasteiger charge is 2.43. The Kier molecular flexibility index (Phi) is 13.8. The molecule has 0 amide bonds. The van der Waals surface area contributed by atoms with Crippen molar-refractivity contribution < 1.29 is 0 Å². The van der Waals surface area contributed by atoms with E-state index in [0.717, 1.165) is 47.7 Å². The van der Waals surface area contributed by atoms with Crippen molar-refractivity contribution in [1.82, 2.24) is 9.80 Å². The van der Waals surface area contributed by atoms with Crippen LogP contribution in [-0.2, 0) is 0 Å². The summed E-state index contributed by atoms with van der Waals surface area (Å²) in [6, 6.07) is 2.85. The maximum absolute atomic E-state index is 3.14. The zero-order valence-corrected chi connectivity index (χ0v) is 39.2. The van der Waals surface area contributed by atoms with Crippen LogP contribution < -0.4 is 0 Å². The van der Waals surface area contributed by atoms with Crippen LogP contribution in [0.15, 0.2) is 83.3 Å². The van der Waals surface area contributed by atoms with Crippen molar-refractivity contribution in [1.29, 1.82) is 0 Å². The van der Waals surface area contributed by atoms with Gasteiger partial charge in [0.2, 0.25) is 0 Å². The number of hydrogen-bond acceptors (Lipinski definition) is 2. The summed E-state index contributed by atoms with van der Waals surface area (Å²) in [6.07, 6.45) is 63.9. The van der Waals surface area contributed by atoms with E-state index in [0.29, 0.717) is 22.8 Å². The zero-order valence-electron chi connectivity index (χ0n) is 39.2. The van der Waals surface area contributed by atoms with Gasteiger partial charge < -0.3 is 9.80 Å². The van der Waals surface area contributed by atoms with Gasteiger partial charge in [-0.05, 0) is 207 Å². The van der Waals surface area contributed by atoms with Crippen LogP contribution in [0.4, 0.5) is 0 Å². The van der Waals surface area contributed by atoms with Crippen molar-refractivity contribution >= 4 is 0 Å². The van der Waals surface area contributed by atoms with Gasteiger partial charge in [-0.3, -0.25) is 0 Å². The van der Waals surface area contributed by atoms with Crippen molar-refractivity contribution in [3.63, 3.8) is 0 Å². The average Bonchev–Trinajstić information content (AvgIpc) is 3.29. The average molecular weight is 813 g/mol. The number of nitrogens with zero attached hydrogens (tertiary/aromatic N) is 2. The molecule has 0 N–H and O–H groups in total. The lowest BCUT2D eigenvalue weighted by molar-refractivity contribution is 0.0604. The van der Waals surface area contributed by atoms with Gasteiger partial charge in [-0.2, -0.15) is 0 Å². The molecule has 0 aromatic heterocycles. The van der Waals surface area contributed by atoms with Crippen LogP contribution in [0.25, 0.3) is 0 Å². The Labute approximate surface area is 369 Å². The highest BCUT2D eigenvalue weighted by atomic mass is 15.2. The number of rotatable bonds is 10. The molecule has 3 saturated carbocycles. The van der Waals surface area contributed by atoms with Gasteiger partial charge in [-0.1, -0.05) is 119 Å². The van der Waals surface area contributed by atoms with Gasteiger partial charge in [-0.15, -0.1) is 0 Å². The van der Waals surface area contributed by atoms with Crippen LogP contribution in [0.3, 0.4) is 0 Å². The Balaban J connectivity index is 0.885. The molecule has 9 aliphatic carbocycles. The third-order valence-corrected chi connectivity index (χ3v) is 19.3. The van der Waals surface area contributed by atoms with E-state index in [4.69, 9.17) is 0 Å². The molecule has 0 radical (unpaired) electrons. The third kappa shape index (κ3) is 9.21. The molecule has 330 valence electrons. The summed E-state index contributed by atoms with van der Waals surface area (Å²) in [5, 5.41) is 0. The molecule has 9 atom stereocenters. The predicted molar refractivity (Wildman–Crippen MR) is 256 cm³/mol. The quantitative estimate of drug-likeness (QED) is 0.203. The molecule has 0 heterocycles. The minimum Gasteiger partial charge on any atom is -0.369 e. The summed E-state index contributed by atoms with van der Waals surface area (Å²) in [6.45, 7) is 10.5. The van der Waals surface area contributed by atoms with Gasteiger partial charge in [0.05, 0.1) is 0 Å². The topological polar surface area (TPSA) is 6.48 Å². The van der Waals surface area contributed by atoms with E-state index < -0.39 is 0 Å². The first-order valence-electron chi connectivity index (χ1n) is 26.6. The van der Waals surface area contributed by atoms with Crippen molar-refractivity contribution in [2.24, 2.45) is 46.3 Å². The van der Waals surface area contributed by atoms with Gasteiger partial charge in [-0.25, -0.2) is 0 Å². The van der Waals surface area contributed by atoms with E-state index in [1.54, 1.807) is 11.4 Å². The van der Waals surface area contributed by atoms with E-state index in [2.05, 4.69) is 98.3 Å². The second-order valence-electron chi connectivity index (χ2n) is 23.0. The molecule has 0 aromatic carbocycles. The van der Waals surface area contributed by atoms with Crippen LogP contribution in [0.2, 0.25) is 0 Å². The molecular formula is C58H88N2. The maximum Gasteiger partial charge on any atom is 0.0473 e. The van der Waals surface area contributed by atoms with Crippen molar-refractivity contribution in [3.05, 3.63) is 83.3 Å². The predicted octanol–water partition coefficient (Wildman–Crippen LogP) is 16.1. The zero-order chi connectivity index (χ0) is 41.1. The highest BCUT2D eigenvalue weighted by molar-refractivity contribution is 5.27. The molecule has 2 nitrogen and oxygen atoms in total. The van der Waals surface area contributed by atoms with Gasteiger partial charge in [0.25, 0.3) is 0 Å². The van der Waals surface area contributed by atoms with Crippen LogP contribution >= 0.6 is 0 Å². The first-order valence-corrected chi connectivity index (χ1v) is 26.6. The number of hydrogen-bond donors (Lipinski definition) is 0. The van der Waals surface area contributed by atoms with Crippen LogP contribution in [-0.4, -0.2) is 34.0 Å². The molecule has 60 heavy (non-hydrogen) atoms. The Morgan fingerprint density at radius 1 is 0.600 bits per heavy atom. The van der Waals surface area contributed by atoms with Crippen molar-refractivity contribution in [2.45, 2.75) is 232 Å².